The zero-order valence-corrected chi connectivity index (χ0v) is 10.8. The third kappa shape index (κ3) is 3.96. The number of amides is 1. The van der Waals surface area contributed by atoms with Crippen molar-refractivity contribution in [3.8, 4) is 5.75 Å². The van der Waals surface area contributed by atoms with Crippen molar-refractivity contribution in [3.05, 3.63) is 42.5 Å². The summed E-state index contributed by atoms with van der Waals surface area (Å²) in [5, 5.41) is 5.00. The molecule has 0 spiro atoms. The van der Waals surface area contributed by atoms with Crippen LogP contribution in [-0.2, 0) is 4.79 Å². The van der Waals surface area contributed by atoms with Crippen LogP contribution in [0.2, 0.25) is 0 Å². The number of benzene rings is 2. The number of ether oxygens (including phenoxy) is 1. The maximum atomic E-state index is 11.5. The lowest BCUT2D eigenvalue weighted by Gasteiger charge is -2.08. The number of nitrogens with one attached hydrogen (secondary N) is 1. The number of carbonyl (C=O) groups excluding carboxylic acids is 1. The highest BCUT2D eigenvalue weighted by molar-refractivity contribution is 5.84. The molecule has 0 aromatic heterocycles. The summed E-state index contributed by atoms with van der Waals surface area (Å²) in [7, 11) is 0. The molecule has 0 saturated carbocycles. The van der Waals surface area contributed by atoms with Crippen LogP contribution in [0.15, 0.2) is 42.5 Å². The Hall–Kier alpha value is -2.07. The van der Waals surface area contributed by atoms with Crippen molar-refractivity contribution in [2.75, 3.05) is 19.7 Å². The molecule has 2 rings (SSSR count). The average Bonchev–Trinajstić information content (AvgIpc) is 2.45. The van der Waals surface area contributed by atoms with E-state index < -0.39 is 0 Å². The van der Waals surface area contributed by atoms with Crippen LogP contribution in [0.3, 0.4) is 0 Å². The van der Waals surface area contributed by atoms with Gasteiger partial charge in [0.2, 0.25) is 0 Å². The molecule has 0 aliphatic heterocycles. The minimum absolute atomic E-state index is 0.0307. The number of hydrogen-bond donors (Lipinski definition) is 2. The fourth-order valence-corrected chi connectivity index (χ4v) is 1.79. The predicted molar refractivity (Wildman–Crippen MR) is 76.1 cm³/mol. The number of carbonyl (C=O) groups is 1. The first-order chi connectivity index (χ1) is 9.29. The smallest absolute Gasteiger partial charge is 0.257 e. The molecule has 0 bridgehead atoms. The zero-order chi connectivity index (χ0) is 13.5. The van der Waals surface area contributed by atoms with Crippen molar-refractivity contribution in [3.63, 3.8) is 0 Å². The van der Waals surface area contributed by atoms with E-state index in [2.05, 4.69) is 5.32 Å². The molecule has 4 nitrogen and oxygen atoms in total. The van der Waals surface area contributed by atoms with Crippen LogP contribution in [0, 0.1) is 0 Å². The maximum Gasteiger partial charge on any atom is 0.257 e. The Morgan fingerprint density at radius 3 is 2.74 bits per heavy atom. The quantitative estimate of drug-likeness (QED) is 0.775. The third-order valence-corrected chi connectivity index (χ3v) is 2.79. The van der Waals surface area contributed by atoms with E-state index in [-0.39, 0.29) is 12.5 Å². The summed E-state index contributed by atoms with van der Waals surface area (Å²) in [6.07, 6.45) is 0.779. The Balaban J connectivity index is 1.89. The summed E-state index contributed by atoms with van der Waals surface area (Å²) >= 11 is 0. The summed E-state index contributed by atoms with van der Waals surface area (Å²) in [5.41, 5.74) is 5.35. The number of nitrogens with two attached hydrogens (primary N) is 1. The fraction of sp³-hybridized carbons (Fsp3) is 0.267. The van der Waals surface area contributed by atoms with E-state index in [4.69, 9.17) is 10.5 Å². The van der Waals surface area contributed by atoms with Gasteiger partial charge in [-0.05, 0) is 35.9 Å². The lowest BCUT2D eigenvalue weighted by Crippen LogP contribution is -2.30. The van der Waals surface area contributed by atoms with Crippen LogP contribution < -0.4 is 15.8 Å². The Morgan fingerprint density at radius 1 is 1.16 bits per heavy atom. The molecule has 100 valence electrons. The number of rotatable bonds is 6. The van der Waals surface area contributed by atoms with Gasteiger partial charge < -0.3 is 15.8 Å². The number of hydrogen-bond acceptors (Lipinski definition) is 3. The van der Waals surface area contributed by atoms with Crippen molar-refractivity contribution in [2.45, 2.75) is 6.42 Å². The largest absolute Gasteiger partial charge is 0.484 e. The summed E-state index contributed by atoms with van der Waals surface area (Å²) in [5.74, 6) is 0.578. The van der Waals surface area contributed by atoms with E-state index in [1.807, 2.05) is 42.5 Å². The van der Waals surface area contributed by atoms with Crippen LogP contribution in [0.25, 0.3) is 10.8 Å². The first kappa shape index (κ1) is 13.4. The Kier molecular flexibility index (Phi) is 4.75. The van der Waals surface area contributed by atoms with Gasteiger partial charge in [0, 0.05) is 6.54 Å². The molecule has 0 unspecified atom stereocenters. The average molecular weight is 258 g/mol. The van der Waals surface area contributed by atoms with Gasteiger partial charge in [-0.3, -0.25) is 4.79 Å². The molecule has 2 aromatic rings. The van der Waals surface area contributed by atoms with Crippen molar-refractivity contribution < 1.29 is 9.53 Å². The van der Waals surface area contributed by atoms with Gasteiger partial charge in [0.1, 0.15) is 5.75 Å². The molecule has 0 radical (unpaired) electrons. The van der Waals surface area contributed by atoms with Gasteiger partial charge in [0.05, 0.1) is 0 Å². The molecule has 0 atom stereocenters. The van der Waals surface area contributed by atoms with Crippen molar-refractivity contribution in [1.82, 2.24) is 5.32 Å². The predicted octanol–water partition coefficient (Wildman–Crippen LogP) is 1.68. The number of fused-ring (bicyclic) bond motifs is 1. The highest BCUT2D eigenvalue weighted by Gasteiger charge is 2.02. The lowest BCUT2D eigenvalue weighted by atomic mass is 10.1. The molecular weight excluding hydrogens is 240 g/mol. The topological polar surface area (TPSA) is 64.3 Å². The summed E-state index contributed by atoms with van der Waals surface area (Å²) < 4.78 is 5.46. The van der Waals surface area contributed by atoms with Gasteiger partial charge in [-0.1, -0.05) is 30.3 Å². The fourth-order valence-electron chi connectivity index (χ4n) is 1.79. The molecule has 0 fully saturated rings. The van der Waals surface area contributed by atoms with Crippen LogP contribution in [0.4, 0.5) is 0 Å². The highest BCUT2D eigenvalue weighted by Crippen LogP contribution is 2.20. The molecule has 0 aliphatic rings. The summed E-state index contributed by atoms with van der Waals surface area (Å²) in [4.78, 5) is 11.5. The normalized spacial score (nSPS) is 10.4. The minimum atomic E-state index is -0.124. The highest BCUT2D eigenvalue weighted by atomic mass is 16.5. The second-order valence-electron chi connectivity index (χ2n) is 4.29. The molecule has 0 saturated heterocycles. The standard InChI is InChI=1S/C15H18N2O2/c16-8-3-9-17-15(18)11-19-14-7-6-12-4-1-2-5-13(12)10-14/h1-2,4-7,10H,3,8-9,11,16H2,(H,17,18). The molecule has 4 heteroatoms. The van der Waals surface area contributed by atoms with Gasteiger partial charge in [0.15, 0.2) is 6.61 Å². The monoisotopic (exact) mass is 258 g/mol. The van der Waals surface area contributed by atoms with Gasteiger partial charge in [-0.2, -0.15) is 0 Å². The van der Waals surface area contributed by atoms with E-state index in [0.29, 0.717) is 18.8 Å². The van der Waals surface area contributed by atoms with E-state index in [1.54, 1.807) is 0 Å². The first-order valence-electron chi connectivity index (χ1n) is 6.38. The van der Waals surface area contributed by atoms with Crippen LogP contribution in [0.5, 0.6) is 5.75 Å². The van der Waals surface area contributed by atoms with Crippen LogP contribution in [-0.4, -0.2) is 25.6 Å². The van der Waals surface area contributed by atoms with E-state index in [0.717, 1.165) is 17.2 Å². The molecule has 0 aliphatic carbocycles. The molecule has 1 amide bonds. The lowest BCUT2D eigenvalue weighted by molar-refractivity contribution is -0.123. The van der Waals surface area contributed by atoms with Crippen molar-refractivity contribution >= 4 is 16.7 Å². The second-order valence-corrected chi connectivity index (χ2v) is 4.29. The van der Waals surface area contributed by atoms with E-state index in [1.165, 1.54) is 0 Å². The van der Waals surface area contributed by atoms with E-state index in [9.17, 15) is 4.79 Å². The van der Waals surface area contributed by atoms with E-state index >= 15 is 0 Å². The first-order valence-corrected chi connectivity index (χ1v) is 6.38. The van der Waals surface area contributed by atoms with Crippen molar-refractivity contribution in [2.24, 2.45) is 5.73 Å². The molecule has 19 heavy (non-hydrogen) atoms. The maximum absolute atomic E-state index is 11.5. The Morgan fingerprint density at radius 2 is 1.95 bits per heavy atom. The molecule has 0 heterocycles. The Bertz CT molecular complexity index is 555. The molecule has 2 aromatic carbocycles. The second kappa shape index (κ2) is 6.75. The Labute approximate surface area is 112 Å². The van der Waals surface area contributed by atoms with Gasteiger partial charge in [-0.25, -0.2) is 0 Å². The van der Waals surface area contributed by atoms with Crippen molar-refractivity contribution in [1.29, 1.82) is 0 Å². The minimum Gasteiger partial charge on any atom is -0.484 e. The summed E-state index contributed by atoms with van der Waals surface area (Å²) in [6.45, 7) is 1.20. The van der Waals surface area contributed by atoms with Crippen LogP contribution >= 0.6 is 0 Å². The molecular formula is C15H18N2O2. The van der Waals surface area contributed by atoms with Gasteiger partial charge in [-0.15, -0.1) is 0 Å². The third-order valence-electron chi connectivity index (χ3n) is 2.79. The molecule has 3 N–H and O–H groups in total. The van der Waals surface area contributed by atoms with Gasteiger partial charge >= 0.3 is 0 Å². The zero-order valence-electron chi connectivity index (χ0n) is 10.8. The van der Waals surface area contributed by atoms with Gasteiger partial charge in [0.25, 0.3) is 5.91 Å². The summed E-state index contributed by atoms with van der Waals surface area (Å²) in [6, 6.07) is 13.8. The van der Waals surface area contributed by atoms with Crippen LogP contribution in [0.1, 0.15) is 6.42 Å². The SMILES string of the molecule is NCCCNC(=O)COc1ccc2ccccc2c1.